The van der Waals surface area contributed by atoms with Gasteiger partial charge in [-0.1, -0.05) is 24.3 Å². The van der Waals surface area contributed by atoms with Gasteiger partial charge in [-0.25, -0.2) is 4.39 Å². The Hall–Kier alpha value is -3.41. The number of carbonyl (C=O) groups excluding carboxylic acids is 1. The number of methoxy groups -OCH3 is 1. The van der Waals surface area contributed by atoms with Gasteiger partial charge in [-0.2, -0.15) is 0 Å². The number of nitrogens with one attached hydrogen (secondary N) is 1. The van der Waals surface area contributed by atoms with Gasteiger partial charge in [-0.15, -0.1) is 0 Å². The zero-order valence-corrected chi connectivity index (χ0v) is 14.1. The zero-order valence-electron chi connectivity index (χ0n) is 14.1. The highest BCUT2D eigenvalue weighted by molar-refractivity contribution is 6.04. The number of carbonyl (C=O) groups is 1. The average molecular weight is 352 g/mol. The van der Waals surface area contributed by atoms with Gasteiger partial charge in [0, 0.05) is 6.20 Å². The summed E-state index contributed by atoms with van der Waals surface area (Å²) in [6.07, 6.45) is 1.56. The largest absolute Gasteiger partial charge is 0.495 e. The molecular formula is C20H17FN2O3. The van der Waals surface area contributed by atoms with Gasteiger partial charge in [0.2, 0.25) is 0 Å². The van der Waals surface area contributed by atoms with Crippen LogP contribution in [0.3, 0.4) is 0 Å². The van der Waals surface area contributed by atoms with Crippen LogP contribution in [0.15, 0.2) is 71.7 Å². The van der Waals surface area contributed by atoms with E-state index in [4.69, 9.17) is 4.74 Å². The van der Waals surface area contributed by atoms with Crippen molar-refractivity contribution in [2.24, 2.45) is 0 Å². The maximum Gasteiger partial charge on any atom is 0.263 e. The van der Waals surface area contributed by atoms with Crippen LogP contribution in [0.2, 0.25) is 0 Å². The van der Waals surface area contributed by atoms with Crippen LogP contribution in [-0.2, 0) is 6.54 Å². The summed E-state index contributed by atoms with van der Waals surface area (Å²) in [5, 5.41) is 2.68. The summed E-state index contributed by atoms with van der Waals surface area (Å²) >= 11 is 0. The monoisotopic (exact) mass is 352 g/mol. The Morgan fingerprint density at radius 3 is 2.69 bits per heavy atom. The number of para-hydroxylation sites is 2. The van der Waals surface area contributed by atoms with E-state index in [2.05, 4.69) is 5.32 Å². The van der Waals surface area contributed by atoms with Crippen molar-refractivity contribution in [2.75, 3.05) is 12.4 Å². The first-order chi connectivity index (χ1) is 12.6. The van der Waals surface area contributed by atoms with Gasteiger partial charge in [0.05, 0.1) is 19.3 Å². The van der Waals surface area contributed by atoms with Crippen LogP contribution in [0.25, 0.3) is 0 Å². The fraction of sp³-hybridized carbons (Fsp3) is 0.100. The Kier molecular flexibility index (Phi) is 5.12. The van der Waals surface area contributed by atoms with Crippen molar-refractivity contribution in [3.8, 4) is 5.75 Å². The number of hydrogen-bond acceptors (Lipinski definition) is 3. The Labute approximate surface area is 149 Å². The second kappa shape index (κ2) is 7.65. The number of benzene rings is 2. The highest BCUT2D eigenvalue weighted by Crippen LogP contribution is 2.23. The number of rotatable bonds is 5. The molecule has 2 aromatic carbocycles. The second-order valence-corrected chi connectivity index (χ2v) is 5.64. The molecule has 26 heavy (non-hydrogen) atoms. The highest BCUT2D eigenvalue weighted by Gasteiger charge is 2.14. The molecule has 0 aliphatic heterocycles. The topological polar surface area (TPSA) is 60.3 Å². The molecule has 1 amide bonds. The van der Waals surface area contributed by atoms with Crippen LogP contribution in [0.5, 0.6) is 5.75 Å². The molecule has 0 fully saturated rings. The van der Waals surface area contributed by atoms with Gasteiger partial charge in [0.1, 0.15) is 17.1 Å². The maximum absolute atomic E-state index is 13.3. The number of anilines is 1. The lowest BCUT2D eigenvalue weighted by atomic mass is 10.2. The molecule has 3 rings (SSSR count). The number of halogens is 1. The summed E-state index contributed by atoms with van der Waals surface area (Å²) < 4.78 is 19.9. The molecule has 1 aromatic heterocycles. The minimum Gasteiger partial charge on any atom is -0.495 e. The molecule has 0 saturated heterocycles. The highest BCUT2D eigenvalue weighted by atomic mass is 19.1. The normalized spacial score (nSPS) is 10.4. The Morgan fingerprint density at radius 2 is 1.92 bits per heavy atom. The molecule has 5 nitrogen and oxygen atoms in total. The van der Waals surface area contributed by atoms with Crippen molar-refractivity contribution in [3.63, 3.8) is 0 Å². The third-order valence-electron chi connectivity index (χ3n) is 3.86. The van der Waals surface area contributed by atoms with E-state index in [0.29, 0.717) is 17.0 Å². The smallest absolute Gasteiger partial charge is 0.263 e. The van der Waals surface area contributed by atoms with E-state index < -0.39 is 11.5 Å². The zero-order chi connectivity index (χ0) is 18.5. The fourth-order valence-electron chi connectivity index (χ4n) is 2.60. The first-order valence-electron chi connectivity index (χ1n) is 7.97. The molecule has 1 heterocycles. The van der Waals surface area contributed by atoms with E-state index in [1.807, 2.05) is 0 Å². The first-order valence-corrected chi connectivity index (χ1v) is 7.97. The molecule has 0 aliphatic carbocycles. The van der Waals surface area contributed by atoms with E-state index in [9.17, 15) is 14.0 Å². The number of hydrogen-bond donors (Lipinski definition) is 1. The Balaban J connectivity index is 1.87. The van der Waals surface area contributed by atoms with Crippen molar-refractivity contribution in [2.45, 2.75) is 6.54 Å². The van der Waals surface area contributed by atoms with E-state index in [-0.39, 0.29) is 17.9 Å². The number of nitrogens with zero attached hydrogens (tertiary/aromatic N) is 1. The maximum atomic E-state index is 13.3. The number of aromatic nitrogens is 1. The first kappa shape index (κ1) is 17.4. The van der Waals surface area contributed by atoms with Crippen LogP contribution < -0.4 is 15.6 Å². The van der Waals surface area contributed by atoms with E-state index in [1.165, 1.54) is 29.9 Å². The molecule has 0 radical (unpaired) electrons. The molecule has 0 spiro atoms. The summed E-state index contributed by atoms with van der Waals surface area (Å²) in [7, 11) is 1.50. The molecule has 0 unspecified atom stereocenters. The molecular weight excluding hydrogens is 335 g/mol. The molecule has 1 N–H and O–H groups in total. The predicted molar refractivity (Wildman–Crippen MR) is 97.2 cm³/mol. The molecule has 0 bridgehead atoms. The summed E-state index contributed by atoms with van der Waals surface area (Å²) in [4.78, 5) is 25.1. The van der Waals surface area contributed by atoms with Crippen LogP contribution in [0.1, 0.15) is 15.9 Å². The predicted octanol–water partition coefficient (Wildman–Crippen LogP) is 3.30. The number of ether oxygens (including phenoxy) is 1. The van der Waals surface area contributed by atoms with Gasteiger partial charge < -0.3 is 14.6 Å². The second-order valence-electron chi connectivity index (χ2n) is 5.64. The molecule has 132 valence electrons. The van der Waals surface area contributed by atoms with Crippen molar-refractivity contribution in [3.05, 3.63) is 94.2 Å². The molecule has 6 heteroatoms. The third kappa shape index (κ3) is 3.80. The Bertz CT molecular complexity index is 998. The standard InChI is InChI=1S/C20H17FN2O3/c1-26-18-10-3-2-9-17(18)22-19(24)16-8-5-11-23(20(16)25)13-14-6-4-7-15(21)12-14/h2-12H,13H2,1H3,(H,22,24). The van der Waals surface area contributed by atoms with Gasteiger partial charge >= 0.3 is 0 Å². The fourth-order valence-corrected chi connectivity index (χ4v) is 2.60. The van der Waals surface area contributed by atoms with Gasteiger partial charge in [0.25, 0.3) is 11.5 Å². The lowest BCUT2D eigenvalue weighted by Crippen LogP contribution is -2.29. The van der Waals surface area contributed by atoms with Crippen LogP contribution in [-0.4, -0.2) is 17.6 Å². The van der Waals surface area contributed by atoms with E-state index >= 15 is 0 Å². The molecule has 0 atom stereocenters. The van der Waals surface area contributed by atoms with Crippen molar-refractivity contribution in [1.82, 2.24) is 4.57 Å². The summed E-state index contributed by atoms with van der Waals surface area (Å²) in [6.45, 7) is 0.173. The number of pyridine rings is 1. The van der Waals surface area contributed by atoms with Crippen molar-refractivity contribution in [1.29, 1.82) is 0 Å². The average Bonchev–Trinajstić information content (AvgIpc) is 2.64. The Morgan fingerprint density at radius 1 is 1.12 bits per heavy atom. The SMILES string of the molecule is COc1ccccc1NC(=O)c1cccn(Cc2cccc(F)c2)c1=O. The number of amides is 1. The molecule has 0 saturated carbocycles. The lowest BCUT2D eigenvalue weighted by molar-refractivity contribution is 0.102. The summed E-state index contributed by atoms with van der Waals surface area (Å²) in [5.41, 5.74) is 0.647. The summed E-state index contributed by atoms with van der Waals surface area (Å²) in [6, 6.07) is 16.0. The molecule has 0 aliphatic rings. The van der Waals surface area contributed by atoms with Gasteiger partial charge in [0.15, 0.2) is 0 Å². The van der Waals surface area contributed by atoms with Gasteiger partial charge in [-0.05, 0) is 42.0 Å². The van der Waals surface area contributed by atoms with Crippen LogP contribution in [0, 0.1) is 5.82 Å². The van der Waals surface area contributed by atoms with Crippen molar-refractivity contribution < 1.29 is 13.9 Å². The van der Waals surface area contributed by atoms with Crippen LogP contribution in [0.4, 0.5) is 10.1 Å². The lowest BCUT2D eigenvalue weighted by Gasteiger charge is -2.11. The van der Waals surface area contributed by atoms with E-state index in [1.54, 1.807) is 48.7 Å². The summed E-state index contributed by atoms with van der Waals surface area (Å²) in [5.74, 6) is -0.412. The quantitative estimate of drug-likeness (QED) is 0.766. The third-order valence-corrected chi connectivity index (χ3v) is 3.86. The molecule has 3 aromatic rings. The minimum atomic E-state index is -0.534. The minimum absolute atomic E-state index is 0.00481. The van der Waals surface area contributed by atoms with Gasteiger partial charge in [-0.3, -0.25) is 9.59 Å². The van der Waals surface area contributed by atoms with E-state index in [0.717, 1.165) is 0 Å². The van der Waals surface area contributed by atoms with Crippen LogP contribution >= 0.6 is 0 Å². The van der Waals surface area contributed by atoms with Crippen molar-refractivity contribution >= 4 is 11.6 Å².